The summed E-state index contributed by atoms with van der Waals surface area (Å²) in [5, 5.41) is 5.45. The zero-order valence-electron chi connectivity index (χ0n) is 15.0. The van der Waals surface area contributed by atoms with Crippen molar-refractivity contribution >= 4 is 23.1 Å². The molecule has 0 saturated heterocycles. The summed E-state index contributed by atoms with van der Waals surface area (Å²) in [5.41, 5.74) is 0.754. The lowest BCUT2D eigenvalue weighted by molar-refractivity contribution is 0.102. The van der Waals surface area contributed by atoms with E-state index in [0.717, 1.165) is 12.1 Å². The van der Waals surface area contributed by atoms with E-state index < -0.39 is 17.5 Å². The maximum atomic E-state index is 13.2. The Morgan fingerprint density at radius 1 is 0.964 bits per heavy atom. The lowest BCUT2D eigenvalue weighted by Crippen LogP contribution is -2.14. The fourth-order valence-electron chi connectivity index (χ4n) is 2.32. The molecule has 1 aromatic heterocycles. The molecule has 0 radical (unpaired) electrons. The molecule has 1 heterocycles. The maximum Gasteiger partial charge on any atom is 0.275 e. The largest absolute Gasteiger partial charge is 0.497 e. The van der Waals surface area contributed by atoms with Gasteiger partial charge < -0.3 is 20.1 Å². The number of hydrogen-bond donors (Lipinski definition) is 2. The van der Waals surface area contributed by atoms with Gasteiger partial charge in [0.15, 0.2) is 11.6 Å². The van der Waals surface area contributed by atoms with Crippen molar-refractivity contribution in [3.8, 4) is 11.5 Å². The fraction of sp³-hybridized carbons (Fsp3) is 0.105. The molecule has 3 rings (SSSR count). The number of methoxy groups -OCH3 is 2. The summed E-state index contributed by atoms with van der Waals surface area (Å²) >= 11 is 0. The van der Waals surface area contributed by atoms with Crippen molar-refractivity contribution in [3.63, 3.8) is 0 Å². The summed E-state index contributed by atoms with van der Waals surface area (Å²) in [6, 6.07) is 8.26. The number of halogens is 2. The van der Waals surface area contributed by atoms with Crippen molar-refractivity contribution in [1.82, 2.24) is 9.97 Å². The first-order valence-corrected chi connectivity index (χ1v) is 8.07. The molecule has 0 spiro atoms. The summed E-state index contributed by atoms with van der Waals surface area (Å²) in [7, 11) is 3.08. The van der Waals surface area contributed by atoms with Gasteiger partial charge in [0.1, 0.15) is 23.0 Å². The summed E-state index contributed by atoms with van der Waals surface area (Å²) in [6.07, 6.45) is 2.62. The summed E-state index contributed by atoms with van der Waals surface area (Å²) in [5.74, 6) is -1.10. The van der Waals surface area contributed by atoms with Crippen LogP contribution in [0.3, 0.4) is 0 Å². The van der Waals surface area contributed by atoms with Gasteiger partial charge in [0.25, 0.3) is 5.91 Å². The first-order chi connectivity index (χ1) is 13.5. The molecule has 0 unspecified atom stereocenters. The molecule has 2 N–H and O–H groups in total. The van der Waals surface area contributed by atoms with Crippen LogP contribution in [0.25, 0.3) is 0 Å². The highest BCUT2D eigenvalue weighted by atomic mass is 19.2. The Morgan fingerprint density at radius 2 is 1.79 bits per heavy atom. The number of hydrogen-bond acceptors (Lipinski definition) is 6. The predicted molar refractivity (Wildman–Crippen MR) is 99.2 cm³/mol. The highest BCUT2D eigenvalue weighted by molar-refractivity contribution is 6.02. The van der Waals surface area contributed by atoms with E-state index in [1.807, 2.05) is 0 Å². The molecule has 0 atom stereocenters. The molecular weight excluding hydrogens is 370 g/mol. The Bertz CT molecular complexity index is 997. The van der Waals surface area contributed by atoms with Gasteiger partial charge in [0, 0.05) is 17.8 Å². The van der Waals surface area contributed by atoms with E-state index in [-0.39, 0.29) is 11.4 Å². The molecule has 0 aliphatic heterocycles. The Labute approximate surface area is 159 Å². The average Bonchev–Trinajstić information content (AvgIpc) is 2.71. The highest BCUT2D eigenvalue weighted by Gasteiger charge is 2.11. The summed E-state index contributed by atoms with van der Waals surface area (Å²) in [6.45, 7) is 0. The molecule has 7 nitrogen and oxygen atoms in total. The SMILES string of the molecule is COc1ccc(Nc2cnc(C(=O)Nc3ccc(F)c(F)c3)cn2)c(OC)c1. The lowest BCUT2D eigenvalue weighted by atomic mass is 10.2. The van der Waals surface area contributed by atoms with E-state index in [2.05, 4.69) is 20.6 Å². The van der Waals surface area contributed by atoms with Crippen molar-refractivity contribution in [2.24, 2.45) is 0 Å². The number of nitrogens with zero attached hydrogens (tertiary/aromatic N) is 2. The van der Waals surface area contributed by atoms with Crippen LogP contribution >= 0.6 is 0 Å². The van der Waals surface area contributed by atoms with Gasteiger partial charge in [0.05, 0.1) is 32.3 Å². The third-order valence-corrected chi connectivity index (χ3v) is 3.73. The van der Waals surface area contributed by atoms with Gasteiger partial charge in [-0.3, -0.25) is 4.79 Å². The van der Waals surface area contributed by atoms with Crippen LogP contribution in [0.1, 0.15) is 10.5 Å². The fourth-order valence-corrected chi connectivity index (χ4v) is 2.32. The molecule has 0 bridgehead atoms. The molecule has 28 heavy (non-hydrogen) atoms. The van der Waals surface area contributed by atoms with Gasteiger partial charge in [-0.05, 0) is 24.3 Å². The summed E-state index contributed by atoms with van der Waals surface area (Å²) in [4.78, 5) is 20.3. The van der Waals surface area contributed by atoms with Crippen LogP contribution < -0.4 is 20.1 Å². The molecule has 0 aliphatic carbocycles. The zero-order valence-corrected chi connectivity index (χ0v) is 15.0. The van der Waals surface area contributed by atoms with Crippen molar-refractivity contribution < 1.29 is 23.0 Å². The Balaban J connectivity index is 1.71. The van der Waals surface area contributed by atoms with Crippen LogP contribution in [-0.4, -0.2) is 30.1 Å². The van der Waals surface area contributed by atoms with Crippen molar-refractivity contribution in [2.75, 3.05) is 24.9 Å². The number of carbonyl (C=O) groups excluding carboxylic acids is 1. The molecule has 2 aromatic carbocycles. The number of anilines is 3. The van der Waals surface area contributed by atoms with Gasteiger partial charge in [0.2, 0.25) is 0 Å². The minimum Gasteiger partial charge on any atom is -0.497 e. The number of ether oxygens (including phenoxy) is 2. The number of nitrogens with one attached hydrogen (secondary N) is 2. The van der Waals surface area contributed by atoms with Crippen LogP contribution in [0.4, 0.5) is 26.0 Å². The van der Waals surface area contributed by atoms with Crippen molar-refractivity contribution in [3.05, 3.63) is 66.1 Å². The van der Waals surface area contributed by atoms with Crippen molar-refractivity contribution in [2.45, 2.75) is 0 Å². The molecule has 1 amide bonds. The van der Waals surface area contributed by atoms with E-state index in [4.69, 9.17) is 9.47 Å². The molecule has 0 fully saturated rings. The first-order valence-electron chi connectivity index (χ1n) is 8.07. The Kier molecular flexibility index (Phi) is 5.64. The number of carbonyl (C=O) groups is 1. The number of aromatic nitrogens is 2. The van der Waals surface area contributed by atoms with Gasteiger partial charge in [-0.15, -0.1) is 0 Å². The predicted octanol–water partition coefficient (Wildman–Crippen LogP) is 3.77. The van der Waals surface area contributed by atoms with Gasteiger partial charge in [-0.25, -0.2) is 18.7 Å². The maximum absolute atomic E-state index is 13.2. The molecule has 3 aromatic rings. The molecule has 0 saturated carbocycles. The minimum atomic E-state index is -1.06. The Hall–Kier alpha value is -3.75. The monoisotopic (exact) mass is 386 g/mol. The van der Waals surface area contributed by atoms with Crippen LogP contribution in [0.2, 0.25) is 0 Å². The molecule has 0 aliphatic rings. The second-order valence-corrected chi connectivity index (χ2v) is 5.56. The Morgan fingerprint density at radius 3 is 2.43 bits per heavy atom. The van der Waals surface area contributed by atoms with Crippen LogP contribution in [0.5, 0.6) is 11.5 Å². The average molecular weight is 386 g/mol. The van der Waals surface area contributed by atoms with E-state index in [0.29, 0.717) is 23.0 Å². The van der Waals surface area contributed by atoms with Gasteiger partial charge in [-0.2, -0.15) is 0 Å². The molecular formula is C19H16F2N4O3. The molecule has 144 valence electrons. The lowest BCUT2D eigenvalue weighted by Gasteiger charge is -2.12. The number of benzene rings is 2. The summed E-state index contributed by atoms with van der Waals surface area (Å²) < 4.78 is 36.6. The third-order valence-electron chi connectivity index (χ3n) is 3.73. The third kappa shape index (κ3) is 4.32. The second-order valence-electron chi connectivity index (χ2n) is 5.56. The normalized spacial score (nSPS) is 10.3. The van der Waals surface area contributed by atoms with Crippen molar-refractivity contribution in [1.29, 1.82) is 0 Å². The topological polar surface area (TPSA) is 85.4 Å². The van der Waals surface area contributed by atoms with E-state index in [9.17, 15) is 13.6 Å². The van der Waals surface area contributed by atoms with E-state index >= 15 is 0 Å². The van der Waals surface area contributed by atoms with Crippen LogP contribution in [0.15, 0.2) is 48.8 Å². The smallest absolute Gasteiger partial charge is 0.275 e. The first kappa shape index (κ1) is 19.0. The van der Waals surface area contributed by atoms with Crippen LogP contribution in [0, 0.1) is 11.6 Å². The van der Waals surface area contributed by atoms with Gasteiger partial charge in [-0.1, -0.05) is 0 Å². The second kappa shape index (κ2) is 8.30. The quantitative estimate of drug-likeness (QED) is 0.671. The number of rotatable bonds is 6. The number of amides is 1. The van der Waals surface area contributed by atoms with Gasteiger partial charge >= 0.3 is 0 Å². The standard InChI is InChI=1S/C19H16F2N4O3/c1-27-12-4-6-15(17(8-12)28-2)25-18-10-22-16(9-23-18)19(26)24-11-3-5-13(20)14(21)7-11/h3-10H,1-2H3,(H,23,25)(H,24,26). The minimum absolute atomic E-state index is 0.0111. The highest BCUT2D eigenvalue weighted by Crippen LogP contribution is 2.30. The van der Waals surface area contributed by atoms with E-state index in [1.165, 1.54) is 25.6 Å². The van der Waals surface area contributed by atoms with Crippen LogP contribution in [-0.2, 0) is 0 Å². The zero-order chi connectivity index (χ0) is 20.1. The van der Waals surface area contributed by atoms with E-state index in [1.54, 1.807) is 25.3 Å². The molecule has 9 heteroatoms.